The fourth-order valence-electron chi connectivity index (χ4n) is 1.73. The minimum Gasteiger partial charge on any atom is -0.384 e. The van der Waals surface area contributed by atoms with E-state index in [0.29, 0.717) is 16.8 Å². The second-order valence-corrected chi connectivity index (χ2v) is 4.62. The van der Waals surface area contributed by atoms with Gasteiger partial charge in [0.15, 0.2) is 0 Å². The van der Waals surface area contributed by atoms with Gasteiger partial charge in [0.1, 0.15) is 10.4 Å². The van der Waals surface area contributed by atoms with Gasteiger partial charge in [0.2, 0.25) is 0 Å². The van der Waals surface area contributed by atoms with Crippen molar-refractivity contribution in [2.75, 3.05) is 5.73 Å². The average Bonchev–Trinajstić information content (AvgIpc) is 2.19. The van der Waals surface area contributed by atoms with E-state index in [9.17, 15) is 8.78 Å². The van der Waals surface area contributed by atoms with Gasteiger partial charge in [0.25, 0.3) is 5.92 Å². The van der Waals surface area contributed by atoms with Crippen LogP contribution in [0.2, 0.25) is 0 Å². The van der Waals surface area contributed by atoms with Crippen LogP contribution in [0.25, 0.3) is 5.57 Å². The van der Waals surface area contributed by atoms with Crippen molar-refractivity contribution in [1.82, 2.24) is 4.98 Å². The summed E-state index contributed by atoms with van der Waals surface area (Å²) in [5, 5.41) is 0. The number of rotatable bonds is 1. The van der Waals surface area contributed by atoms with Gasteiger partial charge in [-0.1, -0.05) is 6.08 Å². The zero-order valence-corrected chi connectivity index (χ0v) is 10.1. The number of allylic oxidation sites excluding steroid dienone is 2. The molecule has 16 heavy (non-hydrogen) atoms. The van der Waals surface area contributed by atoms with E-state index in [0.717, 1.165) is 11.1 Å². The van der Waals surface area contributed by atoms with E-state index in [1.165, 1.54) is 0 Å². The Hall–Kier alpha value is -0.970. The molecular formula is C11H11BrF2N2. The van der Waals surface area contributed by atoms with Crippen LogP contribution >= 0.6 is 15.9 Å². The number of nitrogens with zero attached hydrogens (tertiary/aromatic N) is 1. The fourth-order valence-corrected chi connectivity index (χ4v) is 2.32. The third-order valence-electron chi connectivity index (χ3n) is 2.62. The highest BCUT2D eigenvalue weighted by Crippen LogP contribution is 2.37. The maximum absolute atomic E-state index is 13.0. The van der Waals surface area contributed by atoms with Crippen LogP contribution in [0.4, 0.5) is 14.6 Å². The summed E-state index contributed by atoms with van der Waals surface area (Å²) in [6.07, 6.45) is 1.66. The van der Waals surface area contributed by atoms with Crippen molar-refractivity contribution in [1.29, 1.82) is 0 Å². The number of nitrogen functional groups attached to an aromatic ring is 1. The molecule has 0 saturated carbocycles. The summed E-state index contributed by atoms with van der Waals surface area (Å²) in [5.74, 6) is -2.14. The Morgan fingerprint density at radius 1 is 1.38 bits per heavy atom. The predicted octanol–water partition coefficient (Wildman–Crippen LogP) is 3.63. The molecule has 0 aliphatic heterocycles. The lowest BCUT2D eigenvalue weighted by Gasteiger charge is -2.21. The molecule has 1 aromatic heterocycles. The summed E-state index contributed by atoms with van der Waals surface area (Å²) in [6.45, 7) is 0. The van der Waals surface area contributed by atoms with E-state index < -0.39 is 5.92 Å². The van der Waals surface area contributed by atoms with Crippen molar-refractivity contribution >= 4 is 27.3 Å². The molecule has 2 nitrogen and oxygen atoms in total. The van der Waals surface area contributed by atoms with Crippen molar-refractivity contribution in [2.24, 2.45) is 0 Å². The van der Waals surface area contributed by atoms with Crippen molar-refractivity contribution in [3.63, 3.8) is 0 Å². The summed E-state index contributed by atoms with van der Waals surface area (Å²) in [5.41, 5.74) is 7.28. The van der Waals surface area contributed by atoms with Crippen molar-refractivity contribution in [3.8, 4) is 0 Å². The third-order valence-corrected chi connectivity index (χ3v) is 3.23. The summed E-state index contributed by atoms with van der Waals surface area (Å²) in [4.78, 5) is 4.05. The van der Waals surface area contributed by atoms with Crippen LogP contribution in [-0.2, 0) is 0 Å². The first-order valence-electron chi connectivity index (χ1n) is 4.97. The fraction of sp³-hybridized carbons (Fsp3) is 0.364. The van der Waals surface area contributed by atoms with Gasteiger partial charge in [-0.25, -0.2) is 13.8 Å². The monoisotopic (exact) mass is 288 g/mol. The van der Waals surface area contributed by atoms with E-state index in [1.807, 2.05) is 6.07 Å². The molecule has 1 aromatic rings. The second kappa shape index (κ2) is 4.13. The molecule has 0 amide bonds. The first-order chi connectivity index (χ1) is 7.48. The van der Waals surface area contributed by atoms with Gasteiger partial charge in [0, 0.05) is 18.4 Å². The molecule has 1 heterocycles. The van der Waals surface area contributed by atoms with Crippen molar-refractivity contribution < 1.29 is 8.78 Å². The summed E-state index contributed by atoms with van der Waals surface area (Å²) < 4.78 is 26.5. The van der Waals surface area contributed by atoms with E-state index in [1.54, 1.807) is 12.1 Å². The highest BCUT2D eigenvalue weighted by molar-refractivity contribution is 9.10. The summed E-state index contributed by atoms with van der Waals surface area (Å²) in [6, 6.07) is 3.48. The normalized spacial score (nSPS) is 19.3. The highest BCUT2D eigenvalue weighted by Gasteiger charge is 2.31. The number of alkyl halides is 2. The molecule has 2 rings (SSSR count). The van der Waals surface area contributed by atoms with Gasteiger partial charge in [-0.2, -0.15) is 0 Å². The molecule has 0 radical (unpaired) electrons. The molecule has 0 fully saturated rings. The lowest BCUT2D eigenvalue weighted by atomic mass is 9.92. The summed E-state index contributed by atoms with van der Waals surface area (Å²) >= 11 is 3.29. The van der Waals surface area contributed by atoms with Gasteiger partial charge in [-0.15, -0.1) is 0 Å². The number of aromatic nitrogens is 1. The number of nitrogens with two attached hydrogens (primary N) is 1. The number of pyridine rings is 1. The van der Waals surface area contributed by atoms with Crippen LogP contribution in [0.1, 0.15) is 24.8 Å². The van der Waals surface area contributed by atoms with E-state index in [-0.39, 0.29) is 12.8 Å². The molecule has 1 aliphatic rings. The maximum Gasteiger partial charge on any atom is 0.251 e. The molecule has 0 saturated heterocycles. The first kappa shape index (κ1) is 11.5. The van der Waals surface area contributed by atoms with E-state index in [2.05, 4.69) is 20.9 Å². The van der Waals surface area contributed by atoms with Crippen LogP contribution in [-0.4, -0.2) is 10.9 Å². The Morgan fingerprint density at radius 2 is 2.12 bits per heavy atom. The molecule has 0 aromatic carbocycles. The van der Waals surface area contributed by atoms with E-state index in [4.69, 9.17) is 5.73 Å². The Morgan fingerprint density at radius 3 is 2.69 bits per heavy atom. The molecule has 0 unspecified atom stereocenters. The number of anilines is 1. The van der Waals surface area contributed by atoms with Gasteiger partial charge in [0.05, 0.1) is 0 Å². The average molecular weight is 289 g/mol. The lowest BCUT2D eigenvalue weighted by Crippen LogP contribution is -2.18. The molecule has 0 spiro atoms. The summed E-state index contributed by atoms with van der Waals surface area (Å²) in [7, 11) is 0. The van der Waals surface area contributed by atoms with Gasteiger partial charge >= 0.3 is 0 Å². The smallest absolute Gasteiger partial charge is 0.251 e. The van der Waals surface area contributed by atoms with Gasteiger partial charge < -0.3 is 5.73 Å². The molecule has 2 N–H and O–H groups in total. The van der Waals surface area contributed by atoms with Crippen LogP contribution in [0, 0.1) is 0 Å². The maximum atomic E-state index is 13.0. The molecule has 86 valence electrons. The minimum absolute atomic E-state index is 0.102. The van der Waals surface area contributed by atoms with Crippen LogP contribution in [0.15, 0.2) is 22.8 Å². The standard InChI is InChI=1S/C11H11BrF2N2/c12-10-8(1-2-9(15)16-10)7-3-5-11(13,14)6-4-7/h1-3H,4-6H2,(H2,15,16). The van der Waals surface area contributed by atoms with E-state index >= 15 is 0 Å². The Labute approximate surface area is 101 Å². The quantitative estimate of drug-likeness (QED) is 0.802. The predicted molar refractivity (Wildman–Crippen MR) is 63.1 cm³/mol. The molecule has 0 atom stereocenters. The lowest BCUT2D eigenvalue weighted by molar-refractivity contribution is -0.00603. The molecule has 1 aliphatic carbocycles. The van der Waals surface area contributed by atoms with Crippen LogP contribution in [0.3, 0.4) is 0 Å². The largest absolute Gasteiger partial charge is 0.384 e. The van der Waals surface area contributed by atoms with Crippen molar-refractivity contribution in [3.05, 3.63) is 28.4 Å². The highest BCUT2D eigenvalue weighted by atomic mass is 79.9. The van der Waals surface area contributed by atoms with Crippen LogP contribution < -0.4 is 5.73 Å². The SMILES string of the molecule is Nc1ccc(C2=CCC(F)(F)CC2)c(Br)n1. The number of halogens is 3. The zero-order chi connectivity index (χ0) is 11.8. The van der Waals surface area contributed by atoms with Crippen LogP contribution in [0.5, 0.6) is 0 Å². The molecule has 5 heteroatoms. The number of hydrogen-bond donors (Lipinski definition) is 1. The minimum atomic E-state index is -2.56. The van der Waals surface area contributed by atoms with Gasteiger partial charge in [-0.3, -0.25) is 0 Å². The molecule has 0 bridgehead atoms. The zero-order valence-electron chi connectivity index (χ0n) is 8.51. The molecular weight excluding hydrogens is 278 g/mol. The first-order valence-corrected chi connectivity index (χ1v) is 5.76. The van der Waals surface area contributed by atoms with Gasteiger partial charge in [-0.05, 0) is 40.1 Å². The Bertz CT molecular complexity index is 444. The Balaban J connectivity index is 2.29. The Kier molecular flexibility index (Phi) is 2.97. The number of hydrogen-bond acceptors (Lipinski definition) is 2. The topological polar surface area (TPSA) is 38.9 Å². The second-order valence-electron chi connectivity index (χ2n) is 3.86. The third kappa shape index (κ3) is 2.40. The van der Waals surface area contributed by atoms with Crippen molar-refractivity contribution in [2.45, 2.75) is 25.2 Å².